The lowest BCUT2D eigenvalue weighted by molar-refractivity contribution is 0.449. The summed E-state index contributed by atoms with van der Waals surface area (Å²) in [4.78, 5) is 0. The molecule has 0 heteroatoms. The van der Waals surface area contributed by atoms with Crippen molar-refractivity contribution in [3.8, 4) is 11.1 Å². The molecule has 3 aromatic rings. The highest BCUT2D eigenvalue weighted by Gasteiger charge is 2.08. The van der Waals surface area contributed by atoms with Crippen LogP contribution in [0.4, 0.5) is 0 Å². The van der Waals surface area contributed by atoms with Gasteiger partial charge in [0.25, 0.3) is 0 Å². The molecule has 0 saturated heterocycles. The second-order valence-corrected chi connectivity index (χ2v) is 6.84. The van der Waals surface area contributed by atoms with Crippen molar-refractivity contribution < 1.29 is 0 Å². The van der Waals surface area contributed by atoms with Gasteiger partial charge in [0, 0.05) is 0 Å². The first-order chi connectivity index (χ1) is 11.8. The second kappa shape index (κ2) is 8.15. The number of hydrogen-bond acceptors (Lipinski definition) is 0. The van der Waals surface area contributed by atoms with Gasteiger partial charge in [-0.2, -0.15) is 0 Å². The molecule has 1 atom stereocenters. The monoisotopic (exact) mass is 316 g/mol. The molecule has 1 unspecified atom stereocenters. The third-order valence-electron chi connectivity index (χ3n) is 5.12. The zero-order valence-electron chi connectivity index (χ0n) is 15.0. The largest absolute Gasteiger partial charge is 0.0654 e. The van der Waals surface area contributed by atoms with Gasteiger partial charge in [0.05, 0.1) is 0 Å². The average molecular weight is 316 g/mol. The van der Waals surface area contributed by atoms with Gasteiger partial charge in [-0.25, -0.2) is 0 Å². The van der Waals surface area contributed by atoms with E-state index in [1.54, 1.807) is 0 Å². The molecule has 0 N–H and O–H groups in total. The molecule has 0 aliphatic heterocycles. The smallest absolute Gasteiger partial charge is 0.0105 e. The summed E-state index contributed by atoms with van der Waals surface area (Å²) in [5.74, 6) is 0.827. The molecule has 0 aliphatic rings. The molecule has 124 valence electrons. The van der Waals surface area contributed by atoms with Crippen LogP contribution in [0.5, 0.6) is 0 Å². The number of unbranched alkanes of at least 4 members (excludes halogenated alkanes) is 1. The van der Waals surface area contributed by atoms with Gasteiger partial charge in [-0.3, -0.25) is 0 Å². The summed E-state index contributed by atoms with van der Waals surface area (Å²) in [6, 6.07) is 24.5. The number of benzene rings is 3. The second-order valence-electron chi connectivity index (χ2n) is 6.84. The minimum atomic E-state index is 0.827. The van der Waals surface area contributed by atoms with E-state index in [2.05, 4.69) is 80.6 Å². The first-order valence-corrected chi connectivity index (χ1v) is 9.39. The Bertz CT molecular complexity index is 762. The van der Waals surface area contributed by atoms with Crippen LogP contribution in [0.15, 0.2) is 66.7 Å². The molecule has 0 aliphatic carbocycles. The Labute approximate surface area is 146 Å². The fourth-order valence-corrected chi connectivity index (χ4v) is 3.57. The maximum Gasteiger partial charge on any atom is -0.0105 e. The highest BCUT2D eigenvalue weighted by Crippen LogP contribution is 2.29. The summed E-state index contributed by atoms with van der Waals surface area (Å²) in [5.41, 5.74) is 4.12. The Morgan fingerprint density at radius 2 is 1.54 bits per heavy atom. The molecule has 3 rings (SSSR count). The van der Waals surface area contributed by atoms with Gasteiger partial charge < -0.3 is 0 Å². The van der Waals surface area contributed by atoms with Crippen molar-refractivity contribution in [1.29, 1.82) is 0 Å². The molecule has 0 radical (unpaired) electrons. The summed E-state index contributed by atoms with van der Waals surface area (Å²) in [6.07, 6.45) is 6.51. The predicted molar refractivity (Wildman–Crippen MR) is 106 cm³/mol. The molecule has 0 fully saturated rings. The van der Waals surface area contributed by atoms with Crippen LogP contribution >= 0.6 is 0 Å². The van der Waals surface area contributed by atoms with Crippen LogP contribution in [0.3, 0.4) is 0 Å². The van der Waals surface area contributed by atoms with Crippen molar-refractivity contribution in [2.75, 3.05) is 0 Å². The standard InChI is InChI=1S/C24H28/c1-3-5-9-19(4-2)18-20-14-16-22(17-15-20)24-13-8-11-21-10-6-7-12-23(21)24/h6-8,10-17,19H,3-5,9,18H2,1-2H3. The third-order valence-corrected chi connectivity index (χ3v) is 5.12. The Morgan fingerprint density at radius 3 is 2.29 bits per heavy atom. The van der Waals surface area contributed by atoms with Crippen molar-refractivity contribution in [1.82, 2.24) is 0 Å². The van der Waals surface area contributed by atoms with E-state index in [0.29, 0.717) is 0 Å². The summed E-state index contributed by atoms with van der Waals surface area (Å²) in [5, 5.41) is 2.65. The molecule has 3 aromatic carbocycles. The Morgan fingerprint density at radius 1 is 0.792 bits per heavy atom. The van der Waals surface area contributed by atoms with E-state index in [1.165, 1.54) is 59.6 Å². The summed E-state index contributed by atoms with van der Waals surface area (Å²) < 4.78 is 0. The lowest BCUT2D eigenvalue weighted by Gasteiger charge is -2.15. The minimum Gasteiger partial charge on any atom is -0.0654 e. The van der Waals surface area contributed by atoms with Gasteiger partial charge in [-0.1, -0.05) is 106 Å². The van der Waals surface area contributed by atoms with E-state index in [-0.39, 0.29) is 0 Å². The third kappa shape index (κ3) is 3.87. The predicted octanol–water partition coefficient (Wildman–Crippen LogP) is 7.27. The molecule has 24 heavy (non-hydrogen) atoms. The van der Waals surface area contributed by atoms with Crippen molar-refractivity contribution in [2.45, 2.75) is 46.0 Å². The number of hydrogen-bond donors (Lipinski definition) is 0. The Kier molecular flexibility index (Phi) is 5.69. The topological polar surface area (TPSA) is 0 Å². The first-order valence-electron chi connectivity index (χ1n) is 9.39. The van der Waals surface area contributed by atoms with E-state index in [1.807, 2.05) is 0 Å². The Hall–Kier alpha value is -2.08. The highest BCUT2D eigenvalue weighted by atomic mass is 14.1. The van der Waals surface area contributed by atoms with Crippen LogP contribution in [0.1, 0.15) is 45.1 Å². The van der Waals surface area contributed by atoms with Crippen molar-refractivity contribution in [2.24, 2.45) is 5.92 Å². The number of rotatable bonds is 7. The summed E-state index contributed by atoms with van der Waals surface area (Å²) in [6.45, 7) is 4.61. The molecular weight excluding hydrogens is 288 g/mol. The van der Waals surface area contributed by atoms with Gasteiger partial charge in [0.15, 0.2) is 0 Å². The van der Waals surface area contributed by atoms with Crippen LogP contribution in [0.2, 0.25) is 0 Å². The zero-order chi connectivity index (χ0) is 16.8. The minimum absolute atomic E-state index is 0.827. The SMILES string of the molecule is CCCCC(CC)Cc1ccc(-c2cccc3ccccc23)cc1. The van der Waals surface area contributed by atoms with Gasteiger partial charge in [-0.05, 0) is 39.8 Å². The van der Waals surface area contributed by atoms with Crippen molar-refractivity contribution in [3.05, 3.63) is 72.3 Å². The van der Waals surface area contributed by atoms with E-state index < -0.39 is 0 Å². The quantitative estimate of drug-likeness (QED) is 0.430. The van der Waals surface area contributed by atoms with Crippen LogP contribution < -0.4 is 0 Å². The van der Waals surface area contributed by atoms with E-state index in [4.69, 9.17) is 0 Å². The molecular formula is C24H28. The molecule has 0 spiro atoms. The van der Waals surface area contributed by atoms with Crippen molar-refractivity contribution in [3.63, 3.8) is 0 Å². The first kappa shape index (κ1) is 16.8. The molecule has 0 aromatic heterocycles. The van der Waals surface area contributed by atoms with Gasteiger partial charge >= 0.3 is 0 Å². The molecule has 0 amide bonds. The number of fused-ring (bicyclic) bond motifs is 1. The fourth-order valence-electron chi connectivity index (χ4n) is 3.57. The van der Waals surface area contributed by atoms with Gasteiger partial charge in [0.2, 0.25) is 0 Å². The van der Waals surface area contributed by atoms with Crippen LogP contribution in [0.25, 0.3) is 21.9 Å². The van der Waals surface area contributed by atoms with Crippen LogP contribution in [0, 0.1) is 5.92 Å². The summed E-state index contributed by atoms with van der Waals surface area (Å²) in [7, 11) is 0. The van der Waals surface area contributed by atoms with Crippen molar-refractivity contribution >= 4 is 10.8 Å². The van der Waals surface area contributed by atoms with E-state index in [0.717, 1.165) is 5.92 Å². The van der Waals surface area contributed by atoms with Crippen LogP contribution in [-0.4, -0.2) is 0 Å². The average Bonchev–Trinajstić information content (AvgIpc) is 2.65. The maximum atomic E-state index is 2.33. The van der Waals surface area contributed by atoms with E-state index >= 15 is 0 Å². The molecule has 0 saturated carbocycles. The highest BCUT2D eigenvalue weighted by molar-refractivity contribution is 5.96. The van der Waals surface area contributed by atoms with Crippen LogP contribution in [-0.2, 0) is 6.42 Å². The lowest BCUT2D eigenvalue weighted by Crippen LogP contribution is -2.03. The normalized spacial score (nSPS) is 12.4. The molecule has 0 heterocycles. The fraction of sp³-hybridized carbons (Fsp3) is 0.333. The molecule has 0 nitrogen and oxygen atoms in total. The maximum absolute atomic E-state index is 2.33. The zero-order valence-corrected chi connectivity index (χ0v) is 15.0. The molecule has 0 bridgehead atoms. The van der Waals surface area contributed by atoms with E-state index in [9.17, 15) is 0 Å². The summed E-state index contributed by atoms with van der Waals surface area (Å²) >= 11 is 0. The van der Waals surface area contributed by atoms with Gasteiger partial charge in [-0.15, -0.1) is 0 Å². The lowest BCUT2D eigenvalue weighted by atomic mass is 9.91. The van der Waals surface area contributed by atoms with Gasteiger partial charge in [0.1, 0.15) is 0 Å². The Balaban J connectivity index is 1.81.